The maximum atomic E-state index is 4.18. The van der Waals surface area contributed by atoms with E-state index in [4.69, 9.17) is 0 Å². The number of likely N-dealkylation sites (N-methyl/N-ethyl adjacent to an activating group) is 1. The predicted molar refractivity (Wildman–Crippen MR) is 90.5 cm³/mol. The molecule has 21 heavy (non-hydrogen) atoms. The minimum absolute atomic E-state index is 1.02. The van der Waals surface area contributed by atoms with Crippen molar-refractivity contribution in [2.45, 2.75) is 0 Å². The summed E-state index contributed by atoms with van der Waals surface area (Å²) in [6.45, 7) is 1.02. The summed E-state index contributed by atoms with van der Waals surface area (Å²) in [4.78, 5) is 6.43. The van der Waals surface area contributed by atoms with E-state index in [1.807, 2.05) is 30.5 Å². The molecule has 0 aliphatic carbocycles. The van der Waals surface area contributed by atoms with Crippen molar-refractivity contribution in [1.29, 1.82) is 0 Å². The average Bonchev–Trinajstić information content (AvgIpc) is 2.56. The lowest BCUT2D eigenvalue weighted by Gasteiger charge is -2.22. The number of aromatic nitrogens is 1. The molecule has 3 aromatic rings. The second-order valence-corrected chi connectivity index (χ2v) is 5.04. The molecular weight excluding hydrogens is 256 g/mol. The van der Waals surface area contributed by atoms with Gasteiger partial charge in [-0.25, -0.2) is 0 Å². The Kier molecular flexibility index (Phi) is 3.97. The van der Waals surface area contributed by atoms with Crippen molar-refractivity contribution in [1.82, 2.24) is 4.98 Å². The van der Waals surface area contributed by atoms with Crippen molar-refractivity contribution in [3.63, 3.8) is 0 Å². The Morgan fingerprint density at radius 1 is 0.905 bits per heavy atom. The minimum atomic E-state index is 1.02. The molecule has 0 saturated carbocycles. The van der Waals surface area contributed by atoms with Gasteiger partial charge in [-0.15, -0.1) is 0 Å². The zero-order valence-corrected chi connectivity index (χ0v) is 12.1. The predicted octanol–water partition coefficient (Wildman–Crippen LogP) is 4.38. The monoisotopic (exact) mass is 274 g/mol. The number of pyridine rings is 1. The summed E-state index contributed by atoms with van der Waals surface area (Å²) >= 11 is 0. The second-order valence-electron chi connectivity index (χ2n) is 5.04. The molecule has 1 aromatic heterocycles. The normalized spacial score (nSPS) is 12.5. The van der Waals surface area contributed by atoms with E-state index in [0.29, 0.717) is 0 Å². The highest BCUT2D eigenvalue weighted by Crippen LogP contribution is 2.23. The number of rotatable bonds is 0. The van der Waals surface area contributed by atoms with Gasteiger partial charge in [0.15, 0.2) is 0 Å². The van der Waals surface area contributed by atoms with Crippen molar-refractivity contribution in [3.8, 4) is 0 Å². The molecule has 0 spiro atoms. The van der Waals surface area contributed by atoms with Crippen molar-refractivity contribution in [2.24, 2.45) is 0 Å². The third kappa shape index (κ3) is 3.11. The van der Waals surface area contributed by atoms with Crippen LogP contribution < -0.4 is 4.90 Å². The van der Waals surface area contributed by atoms with Crippen LogP contribution in [0.15, 0.2) is 72.9 Å². The Hall–Kier alpha value is -2.61. The van der Waals surface area contributed by atoms with Gasteiger partial charge in [-0.2, -0.15) is 0 Å². The summed E-state index contributed by atoms with van der Waals surface area (Å²) in [6, 6.07) is 20.5. The smallest absolute Gasteiger partial charge is 0.0701 e. The number of hydrogen-bond donors (Lipinski definition) is 0. The van der Waals surface area contributed by atoms with Gasteiger partial charge >= 0.3 is 0 Å². The number of hydrogen-bond acceptors (Lipinski definition) is 2. The van der Waals surface area contributed by atoms with Crippen LogP contribution in [-0.2, 0) is 0 Å². The summed E-state index contributed by atoms with van der Waals surface area (Å²) in [5.74, 6) is 0. The zero-order valence-electron chi connectivity index (χ0n) is 12.1. The topological polar surface area (TPSA) is 16.1 Å². The van der Waals surface area contributed by atoms with Gasteiger partial charge in [0.2, 0.25) is 0 Å². The second kappa shape index (κ2) is 6.23. The Balaban J connectivity index is 0.000000126. The molecular formula is C19H18N2. The van der Waals surface area contributed by atoms with Gasteiger partial charge in [-0.1, -0.05) is 54.6 Å². The van der Waals surface area contributed by atoms with E-state index in [1.54, 1.807) is 0 Å². The molecule has 4 rings (SSSR count). The fraction of sp³-hybridized carbons (Fsp3) is 0.105. The van der Waals surface area contributed by atoms with Crippen molar-refractivity contribution < 1.29 is 0 Å². The van der Waals surface area contributed by atoms with Crippen molar-refractivity contribution in [2.75, 3.05) is 18.5 Å². The van der Waals surface area contributed by atoms with E-state index >= 15 is 0 Å². The van der Waals surface area contributed by atoms with E-state index in [1.165, 1.54) is 16.6 Å². The van der Waals surface area contributed by atoms with Crippen LogP contribution in [0.1, 0.15) is 5.56 Å². The molecule has 0 saturated heterocycles. The Labute approximate surface area is 125 Å². The molecule has 2 nitrogen and oxygen atoms in total. The number of para-hydroxylation sites is 2. The van der Waals surface area contributed by atoms with Crippen LogP contribution in [0.5, 0.6) is 0 Å². The van der Waals surface area contributed by atoms with Gasteiger partial charge in [0.1, 0.15) is 0 Å². The molecule has 2 heterocycles. The SMILES string of the molecule is CN1CC=Cc2ccccc21.c1ccc2ncccc2c1. The van der Waals surface area contributed by atoms with E-state index in [0.717, 1.165) is 12.1 Å². The highest BCUT2D eigenvalue weighted by atomic mass is 15.1. The molecule has 2 aromatic carbocycles. The highest BCUT2D eigenvalue weighted by Gasteiger charge is 2.06. The third-order valence-corrected chi connectivity index (χ3v) is 3.54. The number of anilines is 1. The van der Waals surface area contributed by atoms with Crippen LogP contribution in [0.25, 0.3) is 17.0 Å². The molecule has 0 radical (unpaired) electrons. The highest BCUT2D eigenvalue weighted by molar-refractivity contribution is 5.77. The maximum absolute atomic E-state index is 4.18. The first kappa shape index (κ1) is 13.4. The van der Waals surface area contributed by atoms with Crippen LogP contribution in [0.2, 0.25) is 0 Å². The summed E-state index contributed by atoms with van der Waals surface area (Å²) < 4.78 is 0. The lowest BCUT2D eigenvalue weighted by Crippen LogP contribution is -2.19. The van der Waals surface area contributed by atoms with Gasteiger partial charge in [0, 0.05) is 30.9 Å². The van der Waals surface area contributed by atoms with E-state index < -0.39 is 0 Å². The molecule has 104 valence electrons. The molecule has 2 heteroatoms. The van der Waals surface area contributed by atoms with E-state index in [9.17, 15) is 0 Å². The number of benzene rings is 2. The van der Waals surface area contributed by atoms with Crippen LogP contribution >= 0.6 is 0 Å². The minimum Gasteiger partial charge on any atom is -0.370 e. The van der Waals surface area contributed by atoms with Gasteiger partial charge in [-0.05, 0) is 23.8 Å². The Morgan fingerprint density at radius 2 is 1.67 bits per heavy atom. The molecule has 1 aliphatic heterocycles. The zero-order chi connectivity index (χ0) is 14.5. The molecule has 0 bridgehead atoms. The van der Waals surface area contributed by atoms with Gasteiger partial charge < -0.3 is 4.90 Å². The maximum Gasteiger partial charge on any atom is 0.0701 e. The van der Waals surface area contributed by atoms with Crippen LogP contribution in [0, 0.1) is 0 Å². The van der Waals surface area contributed by atoms with Crippen LogP contribution in [0.4, 0.5) is 5.69 Å². The van der Waals surface area contributed by atoms with Crippen LogP contribution in [0.3, 0.4) is 0 Å². The number of fused-ring (bicyclic) bond motifs is 2. The number of nitrogens with zero attached hydrogens (tertiary/aromatic N) is 2. The lowest BCUT2D eigenvalue weighted by atomic mass is 10.1. The molecule has 0 unspecified atom stereocenters. The third-order valence-electron chi connectivity index (χ3n) is 3.54. The average molecular weight is 274 g/mol. The quantitative estimate of drug-likeness (QED) is 0.604. The van der Waals surface area contributed by atoms with Crippen LogP contribution in [-0.4, -0.2) is 18.6 Å². The van der Waals surface area contributed by atoms with Gasteiger partial charge in [-0.3, -0.25) is 4.98 Å². The summed E-state index contributed by atoms with van der Waals surface area (Å²) in [5, 5.41) is 1.20. The Morgan fingerprint density at radius 3 is 2.52 bits per heavy atom. The standard InChI is InChI=1S/C10H11N.C9H7N/c1-11-8-4-6-9-5-2-3-7-10(9)11;1-2-6-9-8(4-1)5-3-7-10-9/h2-7H,8H2,1H3;1-7H. The van der Waals surface area contributed by atoms with E-state index in [-0.39, 0.29) is 0 Å². The summed E-state index contributed by atoms with van der Waals surface area (Å²) in [5.41, 5.74) is 3.71. The van der Waals surface area contributed by atoms with Crippen molar-refractivity contribution >= 4 is 22.7 Å². The lowest BCUT2D eigenvalue weighted by molar-refractivity contribution is 1.02. The first-order chi connectivity index (χ1) is 10.3. The van der Waals surface area contributed by atoms with Gasteiger partial charge in [0.05, 0.1) is 5.52 Å². The summed E-state index contributed by atoms with van der Waals surface area (Å²) in [6.07, 6.45) is 6.17. The molecule has 0 fully saturated rings. The van der Waals surface area contributed by atoms with Crippen molar-refractivity contribution in [3.05, 3.63) is 78.5 Å². The summed E-state index contributed by atoms with van der Waals surface area (Å²) in [7, 11) is 2.11. The molecule has 0 atom stereocenters. The fourth-order valence-corrected chi connectivity index (χ4v) is 2.43. The molecule has 0 amide bonds. The largest absolute Gasteiger partial charge is 0.370 e. The molecule has 1 aliphatic rings. The first-order valence-electron chi connectivity index (χ1n) is 7.11. The fourth-order valence-electron chi connectivity index (χ4n) is 2.43. The van der Waals surface area contributed by atoms with Gasteiger partial charge in [0.25, 0.3) is 0 Å². The molecule has 0 N–H and O–H groups in total. The first-order valence-corrected chi connectivity index (χ1v) is 7.11. The van der Waals surface area contributed by atoms with E-state index in [2.05, 4.69) is 65.5 Å². The Bertz CT molecular complexity index is 697.